The summed E-state index contributed by atoms with van der Waals surface area (Å²) in [5.74, 6) is 2.11. The van der Waals surface area contributed by atoms with Gasteiger partial charge in [-0.3, -0.25) is 4.99 Å². The van der Waals surface area contributed by atoms with Gasteiger partial charge in [-0.05, 0) is 39.8 Å². The first-order chi connectivity index (χ1) is 11.0. The van der Waals surface area contributed by atoms with E-state index in [1.807, 2.05) is 45.9 Å². The van der Waals surface area contributed by atoms with Gasteiger partial charge in [-0.2, -0.15) is 0 Å². The van der Waals surface area contributed by atoms with Crippen LogP contribution >= 0.6 is 0 Å². The van der Waals surface area contributed by atoms with Gasteiger partial charge in [0.25, 0.3) is 0 Å². The molecule has 1 aromatic rings. The molecule has 2 N–H and O–H groups in total. The summed E-state index contributed by atoms with van der Waals surface area (Å²) in [4.78, 5) is 4.57. The van der Waals surface area contributed by atoms with Crippen molar-refractivity contribution in [2.45, 2.75) is 33.3 Å². The van der Waals surface area contributed by atoms with Crippen LogP contribution in [0.3, 0.4) is 0 Å². The SMILES string of the molecule is CCNC(=NCC(C)(C)OC)Nc1ccc(OC)c(OCC)c1. The van der Waals surface area contributed by atoms with Crippen LogP contribution in [0.1, 0.15) is 27.7 Å². The fourth-order valence-corrected chi connectivity index (χ4v) is 1.80. The summed E-state index contributed by atoms with van der Waals surface area (Å²) < 4.78 is 16.3. The number of aliphatic imine (C=N–C) groups is 1. The summed E-state index contributed by atoms with van der Waals surface area (Å²) >= 11 is 0. The highest BCUT2D eigenvalue weighted by Gasteiger charge is 2.16. The molecular formula is C17H29N3O3. The molecule has 0 aliphatic carbocycles. The highest BCUT2D eigenvalue weighted by Crippen LogP contribution is 2.30. The zero-order chi connectivity index (χ0) is 17.3. The molecule has 0 aliphatic rings. The monoisotopic (exact) mass is 323 g/mol. The summed E-state index contributed by atoms with van der Waals surface area (Å²) in [5, 5.41) is 6.49. The quantitative estimate of drug-likeness (QED) is 0.569. The second-order valence-corrected chi connectivity index (χ2v) is 5.58. The lowest BCUT2D eigenvalue weighted by molar-refractivity contribution is 0.0311. The first-order valence-corrected chi connectivity index (χ1v) is 7.87. The van der Waals surface area contributed by atoms with E-state index in [1.165, 1.54) is 0 Å². The number of benzene rings is 1. The Balaban J connectivity index is 2.91. The third-order valence-corrected chi connectivity index (χ3v) is 3.24. The maximum Gasteiger partial charge on any atom is 0.195 e. The van der Waals surface area contributed by atoms with E-state index in [0.717, 1.165) is 12.2 Å². The highest BCUT2D eigenvalue weighted by molar-refractivity contribution is 5.93. The minimum absolute atomic E-state index is 0.307. The van der Waals surface area contributed by atoms with Gasteiger partial charge in [0, 0.05) is 25.4 Å². The predicted octanol–water partition coefficient (Wildman–Crippen LogP) is 2.90. The van der Waals surface area contributed by atoms with E-state index in [-0.39, 0.29) is 5.60 Å². The van der Waals surface area contributed by atoms with Gasteiger partial charge in [0.05, 0.1) is 25.9 Å². The Hall–Kier alpha value is -1.95. The van der Waals surface area contributed by atoms with Gasteiger partial charge in [0.1, 0.15) is 0 Å². The summed E-state index contributed by atoms with van der Waals surface area (Å²) in [6.07, 6.45) is 0. The second-order valence-electron chi connectivity index (χ2n) is 5.58. The molecule has 0 amide bonds. The molecule has 0 saturated heterocycles. The van der Waals surface area contributed by atoms with Crippen LogP contribution in [-0.2, 0) is 4.74 Å². The standard InChI is InChI=1S/C17H29N3O3/c1-7-18-16(19-12-17(3,4)22-6)20-13-9-10-14(21-5)15(11-13)23-8-2/h9-11H,7-8,12H2,1-6H3,(H2,18,19,20). The summed E-state index contributed by atoms with van der Waals surface area (Å²) in [6.45, 7) is 9.87. The van der Waals surface area contributed by atoms with Crippen molar-refractivity contribution in [3.05, 3.63) is 18.2 Å². The molecule has 6 nitrogen and oxygen atoms in total. The Labute approximate surface area is 139 Å². The predicted molar refractivity (Wildman–Crippen MR) is 94.9 cm³/mol. The summed E-state index contributed by atoms with van der Waals surface area (Å²) in [5.41, 5.74) is 0.572. The van der Waals surface area contributed by atoms with Crippen LogP contribution in [0.15, 0.2) is 23.2 Å². The van der Waals surface area contributed by atoms with Gasteiger partial charge < -0.3 is 24.8 Å². The maximum atomic E-state index is 5.60. The Bertz CT molecular complexity index is 516. The van der Waals surface area contributed by atoms with Crippen molar-refractivity contribution in [2.75, 3.05) is 39.2 Å². The Morgan fingerprint density at radius 3 is 2.48 bits per heavy atom. The molecule has 0 radical (unpaired) electrons. The third-order valence-electron chi connectivity index (χ3n) is 3.24. The van der Waals surface area contributed by atoms with Gasteiger partial charge in [-0.25, -0.2) is 0 Å². The highest BCUT2D eigenvalue weighted by atomic mass is 16.5. The van der Waals surface area contributed by atoms with E-state index in [2.05, 4.69) is 15.6 Å². The Morgan fingerprint density at radius 1 is 1.17 bits per heavy atom. The molecule has 130 valence electrons. The van der Waals surface area contributed by atoms with Crippen LogP contribution in [0.2, 0.25) is 0 Å². The normalized spacial score (nSPS) is 12.0. The average molecular weight is 323 g/mol. The van der Waals surface area contributed by atoms with Gasteiger partial charge >= 0.3 is 0 Å². The number of ether oxygens (including phenoxy) is 3. The lowest BCUT2D eigenvalue weighted by Gasteiger charge is -2.21. The molecule has 6 heteroatoms. The van der Waals surface area contributed by atoms with E-state index in [0.29, 0.717) is 30.6 Å². The molecule has 0 saturated carbocycles. The zero-order valence-corrected chi connectivity index (χ0v) is 15.0. The fraction of sp³-hybridized carbons (Fsp3) is 0.588. The van der Waals surface area contributed by atoms with Gasteiger partial charge in [0.2, 0.25) is 0 Å². The summed E-state index contributed by atoms with van der Waals surface area (Å²) in [7, 11) is 3.32. The van der Waals surface area contributed by atoms with Crippen molar-refractivity contribution in [3.63, 3.8) is 0 Å². The van der Waals surface area contributed by atoms with Crippen LogP contribution in [-0.4, -0.2) is 45.5 Å². The van der Waals surface area contributed by atoms with Crippen LogP contribution < -0.4 is 20.1 Å². The smallest absolute Gasteiger partial charge is 0.195 e. The van der Waals surface area contributed by atoms with E-state index >= 15 is 0 Å². The number of methoxy groups -OCH3 is 2. The third kappa shape index (κ3) is 6.36. The lowest BCUT2D eigenvalue weighted by atomic mass is 10.1. The Morgan fingerprint density at radius 2 is 1.91 bits per heavy atom. The van der Waals surface area contributed by atoms with E-state index in [1.54, 1.807) is 14.2 Å². The second kappa shape index (κ2) is 9.25. The van der Waals surface area contributed by atoms with Crippen molar-refractivity contribution < 1.29 is 14.2 Å². The minimum atomic E-state index is -0.307. The molecule has 0 aromatic heterocycles. The molecule has 0 spiro atoms. The number of hydrogen-bond acceptors (Lipinski definition) is 4. The van der Waals surface area contributed by atoms with Crippen molar-refractivity contribution in [1.82, 2.24) is 5.32 Å². The molecule has 0 heterocycles. The topological polar surface area (TPSA) is 64.1 Å². The number of rotatable bonds is 8. The minimum Gasteiger partial charge on any atom is -0.493 e. The van der Waals surface area contributed by atoms with Crippen LogP contribution in [0.25, 0.3) is 0 Å². The fourth-order valence-electron chi connectivity index (χ4n) is 1.80. The van der Waals surface area contributed by atoms with Crippen molar-refractivity contribution in [1.29, 1.82) is 0 Å². The molecule has 0 fully saturated rings. The van der Waals surface area contributed by atoms with E-state index in [9.17, 15) is 0 Å². The number of nitrogens with one attached hydrogen (secondary N) is 2. The summed E-state index contributed by atoms with van der Waals surface area (Å²) in [6, 6.07) is 5.70. The molecule has 23 heavy (non-hydrogen) atoms. The first-order valence-electron chi connectivity index (χ1n) is 7.87. The van der Waals surface area contributed by atoms with E-state index in [4.69, 9.17) is 14.2 Å². The number of hydrogen-bond donors (Lipinski definition) is 2. The number of nitrogens with zero attached hydrogens (tertiary/aromatic N) is 1. The van der Waals surface area contributed by atoms with Crippen LogP contribution in [0.4, 0.5) is 5.69 Å². The van der Waals surface area contributed by atoms with Crippen LogP contribution in [0.5, 0.6) is 11.5 Å². The average Bonchev–Trinajstić information content (AvgIpc) is 2.53. The molecule has 0 aliphatic heterocycles. The van der Waals surface area contributed by atoms with Crippen molar-refractivity contribution in [3.8, 4) is 11.5 Å². The first kappa shape index (κ1) is 19.1. The number of guanidine groups is 1. The van der Waals surface area contributed by atoms with Gasteiger partial charge in [0.15, 0.2) is 17.5 Å². The maximum absolute atomic E-state index is 5.60. The molecule has 1 rings (SSSR count). The zero-order valence-electron chi connectivity index (χ0n) is 15.0. The molecule has 0 bridgehead atoms. The molecular weight excluding hydrogens is 294 g/mol. The Kier molecular flexibility index (Phi) is 7.68. The molecule has 1 aromatic carbocycles. The van der Waals surface area contributed by atoms with Gasteiger partial charge in [-0.1, -0.05) is 0 Å². The molecule has 0 unspecified atom stereocenters. The lowest BCUT2D eigenvalue weighted by Crippen LogP contribution is -2.34. The molecule has 0 atom stereocenters. The van der Waals surface area contributed by atoms with Crippen LogP contribution in [0, 0.1) is 0 Å². The number of anilines is 1. The van der Waals surface area contributed by atoms with Crippen molar-refractivity contribution >= 4 is 11.6 Å². The van der Waals surface area contributed by atoms with Crippen molar-refractivity contribution in [2.24, 2.45) is 4.99 Å². The van der Waals surface area contributed by atoms with Gasteiger partial charge in [-0.15, -0.1) is 0 Å². The largest absolute Gasteiger partial charge is 0.493 e. The van der Waals surface area contributed by atoms with E-state index < -0.39 is 0 Å².